The standard InChI is InChI=1S/C26H29FN4O4/c1-16-13-30(9-10-35-16)14-17-5-6-18(21(27)11-17)12-28-22-4-2-3-19-20(22)15-31(26(19)34)23-7-8-24(32)29-25(23)33/h2-6,11,16,23,28H,7-10,12-15H2,1H3,(H,29,32,33)/i9D2,10D2,13D2,16D. The van der Waals surface area contributed by atoms with Crippen molar-refractivity contribution in [2.75, 3.05) is 24.9 Å². The number of amides is 3. The average molecular weight is 488 g/mol. The van der Waals surface area contributed by atoms with Gasteiger partial charge in [-0.3, -0.25) is 24.6 Å². The summed E-state index contributed by atoms with van der Waals surface area (Å²) in [4.78, 5) is 38.9. The summed E-state index contributed by atoms with van der Waals surface area (Å²) in [5.74, 6) is -1.92. The van der Waals surface area contributed by atoms with E-state index in [1.807, 2.05) is 0 Å². The van der Waals surface area contributed by atoms with Crippen molar-refractivity contribution < 1.29 is 33.1 Å². The molecule has 0 saturated carbocycles. The lowest BCUT2D eigenvalue weighted by atomic mass is 10.0. The summed E-state index contributed by atoms with van der Waals surface area (Å²) in [7, 11) is 0. The molecule has 0 aliphatic carbocycles. The lowest BCUT2D eigenvalue weighted by Crippen LogP contribution is -2.52. The fourth-order valence-electron chi connectivity index (χ4n) is 4.43. The second kappa shape index (κ2) is 9.75. The van der Waals surface area contributed by atoms with Gasteiger partial charge in [0.2, 0.25) is 11.8 Å². The topological polar surface area (TPSA) is 91.0 Å². The van der Waals surface area contributed by atoms with E-state index >= 15 is 4.39 Å². The minimum absolute atomic E-state index is 0.00171. The van der Waals surface area contributed by atoms with E-state index in [9.17, 15) is 14.4 Å². The molecule has 3 aliphatic heterocycles. The lowest BCUT2D eigenvalue weighted by molar-refractivity contribution is -0.136. The minimum Gasteiger partial charge on any atom is -0.381 e. The van der Waals surface area contributed by atoms with Crippen LogP contribution in [0.4, 0.5) is 10.1 Å². The van der Waals surface area contributed by atoms with Crippen LogP contribution < -0.4 is 10.6 Å². The molecule has 2 atom stereocenters. The molecule has 2 saturated heterocycles. The van der Waals surface area contributed by atoms with E-state index in [1.165, 1.54) is 17.0 Å². The van der Waals surface area contributed by atoms with Crippen molar-refractivity contribution in [1.29, 1.82) is 0 Å². The highest BCUT2D eigenvalue weighted by Gasteiger charge is 2.39. The van der Waals surface area contributed by atoms with Crippen molar-refractivity contribution in [2.24, 2.45) is 0 Å². The van der Waals surface area contributed by atoms with Crippen LogP contribution in [0, 0.1) is 5.82 Å². The number of morpholine rings is 1. The third kappa shape index (κ3) is 4.92. The van der Waals surface area contributed by atoms with Crippen LogP contribution in [0.25, 0.3) is 0 Å². The van der Waals surface area contributed by atoms with E-state index in [1.54, 1.807) is 18.2 Å². The van der Waals surface area contributed by atoms with E-state index in [0.717, 1.165) is 13.0 Å². The summed E-state index contributed by atoms with van der Waals surface area (Å²) in [5, 5.41) is 5.38. The largest absolute Gasteiger partial charge is 0.381 e. The quantitative estimate of drug-likeness (QED) is 0.609. The van der Waals surface area contributed by atoms with Gasteiger partial charge in [-0.25, -0.2) is 4.39 Å². The zero-order valence-electron chi connectivity index (χ0n) is 26.0. The van der Waals surface area contributed by atoms with Gasteiger partial charge in [-0.1, -0.05) is 18.2 Å². The zero-order valence-corrected chi connectivity index (χ0v) is 19.0. The van der Waals surface area contributed by atoms with Gasteiger partial charge in [0.1, 0.15) is 11.9 Å². The molecule has 5 rings (SSSR count). The van der Waals surface area contributed by atoms with Gasteiger partial charge in [0.15, 0.2) is 0 Å². The highest BCUT2D eigenvalue weighted by Crippen LogP contribution is 2.32. The Kier molecular flexibility index (Phi) is 4.57. The monoisotopic (exact) mass is 487 g/mol. The molecule has 2 fully saturated rings. The smallest absolute Gasteiger partial charge is 0.255 e. The molecule has 2 aromatic rings. The number of benzene rings is 2. The van der Waals surface area contributed by atoms with Crippen molar-refractivity contribution in [3.8, 4) is 0 Å². The Morgan fingerprint density at radius 2 is 2.14 bits per heavy atom. The minimum atomic E-state index is -3.01. The molecule has 0 bridgehead atoms. The van der Waals surface area contributed by atoms with Crippen LogP contribution in [0.15, 0.2) is 36.4 Å². The van der Waals surface area contributed by atoms with Crippen LogP contribution in [-0.4, -0.2) is 59.2 Å². The highest BCUT2D eigenvalue weighted by molar-refractivity contribution is 6.06. The van der Waals surface area contributed by atoms with Crippen LogP contribution in [0.2, 0.25) is 0 Å². The molecule has 3 aliphatic rings. The maximum Gasteiger partial charge on any atom is 0.255 e. The number of ether oxygens (including phenoxy) is 1. The van der Waals surface area contributed by atoms with Crippen LogP contribution in [0.1, 0.15) is 56.4 Å². The summed E-state index contributed by atoms with van der Waals surface area (Å²) >= 11 is 0. The molecular formula is C26H29FN4O4. The Morgan fingerprint density at radius 1 is 1.29 bits per heavy atom. The third-order valence-corrected chi connectivity index (χ3v) is 6.19. The summed E-state index contributed by atoms with van der Waals surface area (Å²) in [6.45, 7) is -8.14. The van der Waals surface area contributed by atoms with E-state index in [0.29, 0.717) is 21.7 Å². The van der Waals surface area contributed by atoms with E-state index in [2.05, 4.69) is 10.6 Å². The second-order valence-electron chi connectivity index (χ2n) is 8.58. The van der Waals surface area contributed by atoms with Crippen molar-refractivity contribution in [2.45, 2.75) is 51.5 Å². The molecule has 0 aromatic heterocycles. The highest BCUT2D eigenvalue weighted by atomic mass is 19.1. The number of rotatable bonds is 6. The number of halogens is 1. The van der Waals surface area contributed by atoms with E-state index in [4.69, 9.17) is 14.3 Å². The molecular weight excluding hydrogens is 451 g/mol. The number of nitrogens with zero attached hydrogens (tertiary/aromatic N) is 2. The number of fused-ring (bicyclic) bond motifs is 1. The molecule has 3 amide bonds. The molecule has 9 heteroatoms. The fraction of sp³-hybridized carbons (Fsp3) is 0.423. The Morgan fingerprint density at radius 3 is 2.94 bits per heavy atom. The van der Waals surface area contributed by atoms with Crippen molar-refractivity contribution in [3.05, 3.63) is 64.5 Å². The maximum atomic E-state index is 15.2. The third-order valence-electron chi connectivity index (χ3n) is 6.19. The van der Waals surface area contributed by atoms with Gasteiger partial charge >= 0.3 is 0 Å². The van der Waals surface area contributed by atoms with Crippen molar-refractivity contribution in [1.82, 2.24) is 15.1 Å². The first-order valence-corrected chi connectivity index (χ1v) is 11.2. The normalized spacial score (nSPS) is 32.2. The molecule has 2 unspecified atom stereocenters. The summed E-state index contributed by atoms with van der Waals surface area (Å²) < 4.78 is 77.0. The zero-order chi connectivity index (χ0) is 30.8. The van der Waals surface area contributed by atoms with Crippen molar-refractivity contribution in [3.63, 3.8) is 0 Å². The van der Waals surface area contributed by atoms with Gasteiger partial charge in [0.25, 0.3) is 5.91 Å². The number of piperidine rings is 1. The number of anilines is 1. The second-order valence-corrected chi connectivity index (χ2v) is 8.58. The number of hydrogen-bond acceptors (Lipinski definition) is 6. The number of carbonyl (C=O) groups is 3. The SMILES string of the molecule is [2H]C1([2H])OC([2H])(C)C([2H])([2H])N(Cc2ccc(CNc3cccc4c3CN(C3CCC(=O)NC3=O)C4=O)c(F)c2)C1([2H])[2H]. The van der Waals surface area contributed by atoms with Gasteiger partial charge in [-0.05, 0) is 37.1 Å². The van der Waals surface area contributed by atoms with Gasteiger partial charge in [0.05, 0.1) is 16.8 Å². The van der Waals surface area contributed by atoms with Crippen LogP contribution in [-0.2, 0) is 34.0 Å². The van der Waals surface area contributed by atoms with Crippen LogP contribution in [0.5, 0.6) is 0 Å². The molecule has 3 heterocycles. The predicted octanol–water partition coefficient (Wildman–Crippen LogP) is 2.42. The lowest BCUT2D eigenvalue weighted by Gasteiger charge is -2.31. The summed E-state index contributed by atoms with van der Waals surface area (Å²) in [6, 6.07) is 8.24. The number of carbonyl (C=O) groups excluding carboxylic acids is 3. The number of nitrogens with one attached hydrogen (secondary N) is 2. The van der Waals surface area contributed by atoms with Gasteiger partial charge in [0, 0.05) is 66.9 Å². The average Bonchev–Trinajstić information content (AvgIpc) is 3.22. The van der Waals surface area contributed by atoms with Gasteiger partial charge in [-0.2, -0.15) is 0 Å². The predicted molar refractivity (Wildman–Crippen MR) is 127 cm³/mol. The molecule has 0 radical (unpaired) electrons. The van der Waals surface area contributed by atoms with Gasteiger partial charge < -0.3 is 15.0 Å². The molecule has 2 aromatic carbocycles. The maximum absolute atomic E-state index is 15.2. The number of hydrogen-bond donors (Lipinski definition) is 2. The molecule has 8 nitrogen and oxygen atoms in total. The van der Waals surface area contributed by atoms with Crippen molar-refractivity contribution >= 4 is 23.4 Å². The van der Waals surface area contributed by atoms with E-state index < -0.39 is 49.9 Å². The molecule has 184 valence electrons. The fourth-order valence-corrected chi connectivity index (χ4v) is 4.43. The van der Waals surface area contributed by atoms with Crippen LogP contribution >= 0.6 is 0 Å². The Labute approximate surface area is 213 Å². The Balaban J connectivity index is 1.31. The first kappa shape index (κ1) is 16.4. The molecule has 35 heavy (non-hydrogen) atoms. The molecule has 0 spiro atoms. The van der Waals surface area contributed by atoms with Gasteiger partial charge in [-0.15, -0.1) is 0 Å². The number of imide groups is 1. The van der Waals surface area contributed by atoms with Crippen LogP contribution in [0.3, 0.4) is 0 Å². The molecule has 2 N–H and O–H groups in total. The summed E-state index contributed by atoms with van der Waals surface area (Å²) in [6.07, 6.45) is -2.09. The first-order chi connectivity index (χ1) is 19.5. The summed E-state index contributed by atoms with van der Waals surface area (Å²) in [5.41, 5.74) is 1.97. The first-order valence-electron chi connectivity index (χ1n) is 14.7. The Bertz CT molecular complexity index is 1450. The Hall–Kier alpha value is -3.30. The van der Waals surface area contributed by atoms with E-state index in [-0.39, 0.29) is 48.9 Å².